The Morgan fingerprint density at radius 2 is 1.67 bits per heavy atom. The molecule has 0 saturated heterocycles. The maximum absolute atomic E-state index is 12.6. The van der Waals surface area contributed by atoms with Crippen LogP contribution < -0.4 is 15.8 Å². The predicted octanol–water partition coefficient (Wildman–Crippen LogP) is 3.08. The first-order chi connectivity index (χ1) is 17.0. The van der Waals surface area contributed by atoms with Gasteiger partial charge in [-0.15, -0.1) is 0 Å². The van der Waals surface area contributed by atoms with Crippen molar-refractivity contribution in [1.82, 2.24) is 14.3 Å². The van der Waals surface area contributed by atoms with Gasteiger partial charge < -0.3 is 10.6 Å². The van der Waals surface area contributed by atoms with E-state index in [0.717, 1.165) is 35.2 Å². The molecule has 3 aromatic rings. The molecule has 1 aliphatic carbocycles. The van der Waals surface area contributed by atoms with Crippen LogP contribution in [0.4, 0.5) is 23.1 Å². The molecule has 5 rings (SSSR count). The molecule has 4 N–H and O–H groups in total. The molecule has 1 aliphatic heterocycles. The second kappa shape index (κ2) is 9.11. The van der Waals surface area contributed by atoms with Crippen LogP contribution in [0, 0.1) is 13.8 Å². The lowest BCUT2D eigenvalue weighted by Gasteiger charge is -2.28. The van der Waals surface area contributed by atoms with Crippen molar-refractivity contribution in [2.24, 2.45) is 5.14 Å². The lowest BCUT2D eigenvalue weighted by Crippen LogP contribution is -2.38. The van der Waals surface area contributed by atoms with Gasteiger partial charge in [-0.3, -0.25) is 0 Å². The number of aromatic nitrogens is 2. The van der Waals surface area contributed by atoms with E-state index in [-0.39, 0.29) is 10.1 Å². The van der Waals surface area contributed by atoms with Crippen LogP contribution in [0.3, 0.4) is 0 Å². The first kappa shape index (κ1) is 24.6. The summed E-state index contributed by atoms with van der Waals surface area (Å²) in [4.78, 5) is 8.90. The zero-order valence-corrected chi connectivity index (χ0v) is 21.7. The van der Waals surface area contributed by atoms with Gasteiger partial charge in [0, 0.05) is 36.2 Å². The number of primary sulfonamides is 1. The van der Waals surface area contributed by atoms with Crippen LogP contribution in [-0.4, -0.2) is 42.9 Å². The summed E-state index contributed by atoms with van der Waals surface area (Å²) in [6.45, 7) is 4.46. The standard InChI is InChI=1S/C24H28N6O4S2/c1-15-3-5-20(12-22(15)35(25,31)32)28-24-26-13-16(2)23(29-24)27-19-6-4-18-14-30(10-9-17(18)11-19)36(33,34)21-7-8-21/h3-6,11-13,21H,7-10,14H2,1-2H3,(H2,25,31,32)(H2,26,27,28,29). The summed E-state index contributed by atoms with van der Waals surface area (Å²) >= 11 is 0. The number of hydrogen-bond acceptors (Lipinski definition) is 8. The van der Waals surface area contributed by atoms with Crippen molar-refractivity contribution in [3.05, 3.63) is 64.8 Å². The molecule has 1 saturated carbocycles. The Morgan fingerprint density at radius 1 is 0.944 bits per heavy atom. The Bertz CT molecular complexity index is 1550. The number of hydrogen-bond donors (Lipinski definition) is 3. The van der Waals surface area contributed by atoms with E-state index in [4.69, 9.17) is 5.14 Å². The zero-order valence-electron chi connectivity index (χ0n) is 20.0. The first-order valence-corrected chi connectivity index (χ1v) is 14.7. The third-order valence-corrected chi connectivity index (χ3v) is 9.87. The minimum absolute atomic E-state index is 0.0375. The van der Waals surface area contributed by atoms with Gasteiger partial charge in [-0.25, -0.2) is 27.0 Å². The second-order valence-corrected chi connectivity index (χ2v) is 13.1. The van der Waals surface area contributed by atoms with Gasteiger partial charge in [0.05, 0.1) is 10.1 Å². The molecule has 1 aromatic heterocycles. The first-order valence-electron chi connectivity index (χ1n) is 11.6. The van der Waals surface area contributed by atoms with Crippen LogP contribution in [0.2, 0.25) is 0 Å². The Morgan fingerprint density at radius 3 is 2.39 bits per heavy atom. The summed E-state index contributed by atoms with van der Waals surface area (Å²) in [6, 6.07) is 10.8. The molecule has 2 heterocycles. The predicted molar refractivity (Wildman–Crippen MR) is 138 cm³/mol. The van der Waals surface area contributed by atoms with E-state index >= 15 is 0 Å². The SMILES string of the molecule is Cc1ccc(Nc2ncc(C)c(Nc3ccc4c(c3)CCN(S(=O)(=O)C3CC3)C4)n2)cc1S(N)(=O)=O. The fourth-order valence-electron chi connectivity index (χ4n) is 4.28. The van der Waals surface area contributed by atoms with E-state index in [1.807, 2.05) is 25.1 Å². The molecule has 0 spiro atoms. The summed E-state index contributed by atoms with van der Waals surface area (Å²) < 4.78 is 50.5. The average Bonchev–Trinajstić information content (AvgIpc) is 3.68. The minimum atomic E-state index is -3.85. The van der Waals surface area contributed by atoms with Gasteiger partial charge in [-0.05, 0) is 74.1 Å². The molecule has 10 nitrogen and oxygen atoms in total. The van der Waals surface area contributed by atoms with E-state index in [1.165, 1.54) is 6.07 Å². The van der Waals surface area contributed by atoms with Crippen molar-refractivity contribution in [3.8, 4) is 0 Å². The lowest BCUT2D eigenvalue weighted by atomic mass is 10.0. The van der Waals surface area contributed by atoms with Crippen LogP contribution in [-0.2, 0) is 33.0 Å². The summed E-state index contributed by atoms with van der Waals surface area (Å²) in [7, 11) is -7.04. The number of nitrogens with zero attached hydrogens (tertiary/aromatic N) is 3. The van der Waals surface area contributed by atoms with E-state index in [1.54, 1.807) is 29.6 Å². The summed E-state index contributed by atoms with van der Waals surface area (Å²) in [5, 5.41) is 11.5. The van der Waals surface area contributed by atoms with Gasteiger partial charge in [0.15, 0.2) is 0 Å². The van der Waals surface area contributed by atoms with Crippen LogP contribution in [0.25, 0.3) is 0 Å². The van der Waals surface area contributed by atoms with E-state index in [2.05, 4.69) is 20.6 Å². The largest absolute Gasteiger partial charge is 0.340 e. The number of rotatable bonds is 7. The summed E-state index contributed by atoms with van der Waals surface area (Å²) in [5.74, 6) is 0.895. The number of fused-ring (bicyclic) bond motifs is 1. The number of nitrogens with one attached hydrogen (secondary N) is 2. The van der Waals surface area contributed by atoms with E-state index in [9.17, 15) is 16.8 Å². The van der Waals surface area contributed by atoms with Gasteiger partial charge >= 0.3 is 0 Å². The second-order valence-electron chi connectivity index (χ2n) is 9.31. The van der Waals surface area contributed by atoms with Crippen LogP contribution in [0.1, 0.15) is 35.1 Å². The van der Waals surface area contributed by atoms with E-state index < -0.39 is 20.0 Å². The molecule has 1 fully saturated rings. The molecule has 36 heavy (non-hydrogen) atoms. The lowest BCUT2D eigenvalue weighted by molar-refractivity contribution is 0.390. The molecule has 2 aromatic carbocycles. The van der Waals surface area contributed by atoms with Gasteiger partial charge in [0.25, 0.3) is 0 Å². The van der Waals surface area contributed by atoms with Gasteiger partial charge in [0.2, 0.25) is 26.0 Å². The molecule has 0 amide bonds. The molecule has 0 unspecified atom stereocenters. The summed E-state index contributed by atoms with van der Waals surface area (Å²) in [6.07, 6.45) is 3.86. The quantitative estimate of drug-likeness (QED) is 0.424. The highest BCUT2D eigenvalue weighted by Crippen LogP contribution is 2.34. The fraction of sp³-hybridized carbons (Fsp3) is 0.333. The Labute approximate surface area is 211 Å². The normalized spacial score (nSPS) is 16.4. The Balaban J connectivity index is 1.33. The van der Waals surface area contributed by atoms with Crippen molar-refractivity contribution < 1.29 is 16.8 Å². The maximum atomic E-state index is 12.6. The molecular weight excluding hydrogens is 500 g/mol. The molecule has 0 atom stereocenters. The van der Waals surface area contributed by atoms with Gasteiger partial charge in [-0.2, -0.15) is 9.29 Å². The molecule has 0 bridgehead atoms. The molecular formula is C24H28N6O4S2. The molecule has 190 valence electrons. The van der Waals surface area contributed by atoms with Crippen LogP contribution in [0.5, 0.6) is 0 Å². The van der Waals surface area contributed by atoms with Crippen molar-refractivity contribution in [2.45, 2.75) is 49.8 Å². The van der Waals surface area contributed by atoms with Crippen LogP contribution in [0.15, 0.2) is 47.5 Å². The van der Waals surface area contributed by atoms with Crippen molar-refractivity contribution >= 4 is 43.2 Å². The minimum Gasteiger partial charge on any atom is -0.340 e. The monoisotopic (exact) mass is 528 g/mol. The number of sulfonamides is 2. The number of aryl methyl sites for hydroxylation is 2. The fourth-order valence-corrected chi connectivity index (χ4v) is 6.90. The van der Waals surface area contributed by atoms with Crippen LogP contribution >= 0.6 is 0 Å². The highest BCUT2D eigenvalue weighted by atomic mass is 32.2. The van der Waals surface area contributed by atoms with Gasteiger partial charge in [-0.1, -0.05) is 12.1 Å². The topological polar surface area (TPSA) is 147 Å². The highest BCUT2D eigenvalue weighted by molar-refractivity contribution is 7.90. The molecule has 12 heteroatoms. The maximum Gasteiger partial charge on any atom is 0.238 e. The third-order valence-electron chi connectivity index (χ3n) is 6.47. The zero-order chi connectivity index (χ0) is 25.7. The highest BCUT2D eigenvalue weighted by Gasteiger charge is 2.40. The van der Waals surface area contributed by atoms with E-state index in [0.29, 0.717) is 42.5 Å². The van der Waals surface area contributed by atoms with Crippen molar-refractivity contribution in [3.63, 3.8) is 0 Å². The van der Waals surface area contributed by atoms with Gasteiger partial charge in [0.1, 0.15) is 5.82 Å². The Kier molecular flexibility index (Phi) is 6.23. The molecule has 0 radical (unpaired) electrons. The average molecular weight is 529 g/mol. The number of nitrogens with two attached hydrogens (primary N) is 1. The smallest absolute Gasteiger partial charge is 0.238 e. The summed E-state index contributed by atoms with van der Waals surface area (Å²) in [5.41, 5.74) is 4.85. The van der Waals surface area contributed by atoms with Crippen molar-refractivity contribution in [2.75, 3.05) is 17.2 Å². The number of benzene rings is 2. The van der Waals surface area contributed by atoms with Crippen molar-refractivity contribution in [1.29, 1.82) is 0 Å². The Hall–Kier alpha value is -3.06. The molecule has 2 aliphatic rings. The number of anilines is 4. The third kappa shape index (κ3) is 5.07.